The van der Waals surface area contributed by atoms with Gasteiger partial charge in [-0.3, -0.25) is 20.2 Å². The van der Waals surface area contributed by atoms with Crippen LogP contribution in [0.15, 0.2) is 23.5 Å². The summed E-state index contributed by atoms with van der Waals surface area (Å²) >= 11 is 7.31. The van der Waals surface area contributed by atoms with Gasteiger partial charge in [0.1, 0.15) is 17.0 Å². The lowest BCUT2D eigenvalue weighted by Gasteiger charge is -2.15. The predicted molar refractivity (Wildman–Crippen MR) is 92.0 cm³/mol. The van der Waals surface area contributed by atoms with Gasteiger partial charge in [0.25, 0.3) is 0 Å². The molecule has 120 valence electrons. The molecule has 0 aromatic carbocycles. The van der Waals surface area contributed by atoms with Crippen LogP contribution in [0, 0.1) is 11.3 Å². The molecule has 0 radical (unpaired) electrons. The van der Waals surface area contributed by atoms with Crippen LogP contribution in [0.4, 0.5) is 5.69 Å². The molecule has 0 aliphatic rings. The maximum Gasteiger partial charge on any atom is 0.224 e. The zero-order valence-corrected chi connectivity index (χ0v) is 14.2. The summed E-state index contributed by atoms with van der Waals surface area (Å²) in [6.07, 6.45) is 6.45. The fraction of sp³-hybridized carbons (Fsp3) is 0.429. The van der Waals surface area contributed by atoms with Gasteiger partial charge in [0.2, 0.25) is 5.91 Å². The van der Waals surface area contributed by atoms with E-state index in [-0.39, 0.29) is 17.0 Å². The van der Waals surface area contributed by atoms with Crippen molar-refractivity contribution in [3.63, 3.8) is 0 Å². The van der Waals surface area contributed by atoms with Crippen molar-refractivity contribution in [1.29, 1.82) is 5.41 Å². The maximum atomic E-state index is 12.0. The highest BCUT2D eigenvalue weighted by molar-refractivity contribution is 7.98. The fourth-order valence-electron chi connectivity index (χ4n) is 1.54. The van der Waals surface area contributed by atoms with Gasteiger partial charge in [-0.1, -0.05) is 18.5 Å². The smallest absolute Gasteiger partial charge is 0.224 e. The summed E-state index contributed by atoms with van der Waals surface area (Å²) < 4.78 is 5.06. The molecule has 0 saturated heterocycles. The van der Waals surface area contributed by atoms with Crippen LogP contribution in [-0.4, -0.2) is 47.4 Å². The molecule has 0 spiro atoms. The Hall–Kier alpha value is -1.60. The maximum absolute atomic E-state index is 12.0. The molecule has 1 aromatic rings. The second-order valence-electron chi connectivity index (χ2n) is 4.55. The van der Waals surface area contributed by atoms with Crippen LogP contribution < -0.4 is 10.1 Å². The van der Waals surface area contributed by atoms with E-state index in [9.17, 15) is 4.79 Å². The normalized spacial score (nSPS) is 13.6. The van der Waals surface area contributed by atoms with Crippen LogP contribution in [0.3, 0.4) is 0 Å². The number of hydrogen-bond donors (Lipinski definition) is 2. The van der Waals surface area contributed by atoms with Gasteiger partial charge in [-0.25, -0.2) is 0 Å². The first-order valence-corrected chi connectivity index (χ1v) is 8.31. The number of ether oxygens (including phenoxy) is 1. The number of thioether (sulfide) groups is 1. The quantitative estimate of drug-likeness (QED) is 0.710. The number of aromatic nitrogens is 1. The topological polar surface area (TPSA) is 87.4 Å². The molecule has 1 heterocycles. The molecule has 0 saturated carbocycles. The Morgan fingerprint density at radius 2 is 2.36 bits per heavy atom. The van der Waals surface area contributed by atoms with Gasteiger partial charge in [-0.15, -0.1) is 0 Å². The summed E-state index contributed by atoms with van der Waals surface area (Å²) in [6.45, 7) is 1.82. The van der Waals surface area contributed by atoms with Gasteiger partial charge >= 0.3 is 0 Å². The molecule has 2 N–H and O–H groups in total. The zero-order chi connectivity index (χ0) is 16.5. The first-order valence-electron chi connectivity index (χ1n) is 6.54. The lowest BCUT2D eigenvalue weighted by Crippen LogP contribution is -2.42. The Morgan fingerprint density at radius 1 is 1.64 bits per heavy atom. The van der Waals surface area contributed by atoms with Crippen LogP contribution in [0.5, 0.6) is 5.75 Å². The number of aliphatic imine (C=N–C) groups is 1. The minimum Gasteiger partial charge on any atom is -0.495 e. The van der Waals surface area contributed by atoms with E-state index in [0.29, 0.717) is 17.2 Å². The number of halogens is 1. The molecule has 1 aromatic heterocycles. The third kappa shape index (κ3) is 6.03. The summed E-state index contributed by atoms with van der Waals surface area (Å²) in [7, 11) is 1.54. The Bertz CT molecular complexity index is 553. The molecular weight excluding hydrogens is 324 g/mol. The average Bonchev–Trinajstić information content (AvgIpc) is 2.51. The summed E-state index contributed by atoms with van der Waals surface area (Å²) in [6, 6.07) is 0.931. The predicted octanol–water partition coefficient (Wildman–Crippen LogP) is 2.49. The first-order chi connectivity index (χ1) is 10.5. The standard InChI is InChI=1S/C14H19ClN4O2S/c1-9(8-22-3)14(20)19-12(13(15)16)7-18-10-4-11(21-2)6-17-5-10/h4-7,9,12,16H,8H2,1-3H3,(H,19,20). The summed E-state index contributed by atoms with van der Waals surface area (Å²) in [4.78, 5) is 20.1. The van der Waals surface area contributed by atoms with Crippen molar-refractivity contribution >= 4 is 46.3 Å². The molecule has 6 nitrogen and oxygen atoms in total. The Balaban J connectivity index is 2.77. The molecule has 0 fully saturated rings. The van der Waals surface area contributed by atoms with Gasteiger partial charge in [-0.05, 0) is 6.26 Å². The molecule has 8 heteroatoms. The molecule has 2 atom stereocenters. The molecule has 0 bridgehead atoms. The van der Waals surface area contributed by atoms with E-state index in [4.69, 9.17) is 21.7 Å². The van der Waals surface area contributed by atoms with E-state index in [1.807, 2.05) is 13.2 Å². The average molecular weight is 343 g/mol. The number of carbonyl (C=O) groups is 1. The lowest BCUT2D eigenvalue weighted by atomic mass is 10.2. The largest absolute Gasteiger partial charge is 0.495 e. The van der Waals surface area contributed by atoms with Gasteiger partial charge in [-0.2, -0.15) is 11.8 Å². The van der Waals surface area contributed by atoms with E-state index < -0.39 is 6.04 Å². The molecular formula is C14H19ClN4O2S. The van der Waals surface area contributed by atoms with Crippen molar-refractivity contribution in [2.45, 2.75) is 13.0 Å². The van der Waals surface area contributed by atoms with E-state index in [0.717, 1.165) is 0 Å². The van der Waals surface area contributed by atoms with Crippen LogP contribution >= 0.6 is 23.4 Å². The summed E-state index contributed by atoms with van der Waals surface area (Å²) in [5, 5.41) is 10.0. The van der Waals surface area contributed by atoms with Crippen molar-refractivity contribution in [2.24, 2.45) is 10.9 Å². The number of carbonyl (C=O) groups excluding carboxylic acids is 1. The third-order valence-electron chi connectivity index (χ3n) is 2.74. The van der Waals surface area contributed by atoms with Crippen molar-refractivity contribution < 1.29 is 9.53 Å². The third-order valence-corrected chi connectivity index (χ3v) is 3.81. The number of nitrogens with one attached hydrogen (secondary N) is 2. The van der Waals surface area contributed by atoms with Crippen LogP contribution in [0.2, 0.25) is 0 Å². The fourth-order valence-corrected chi connectivity index (χ4v) is 2.30. The second kappa shape index (κ2) is 9.42. The monoisotopic (exact) mass is 342 g/mol. The zero-order valence-electron chi connectivity index (χ0n) is 12.7. The molecule has 1 amide bonds. The number of pyridine rings is 1. The van der Waals surface area contributed by atoms with E-state index in [2.05, 4.69) is 15.3 Å². The van der Waals surface area contributed by atoms with Crippen LogP contribution in [0.25, 0.3) is 0 Å². The van der Waals surface area contributed by atoms with Gasteiger partial charge < -0.3 is 10.1 Å². The van der Waals surface area contributed by atoms with Crippen LogP contribution in [-0.2, 0) is 4.79 Å². The van der Waals surface area contributed by atoms with Gasteiger partial charge in [0.05, 0.1) is 25.2 Å². The van der Waals surface area contributed by atoms with Crippen molar-refractivity contribution in [3.05, 3.63) is 18.5 Å². The van der Waals surface area contributed by atoms with Crippen LogP contribution in [0.1, 0.15) is 6.92 Å². The van der Waals surface area contributed by atoms with E-state index in [1.54, 1.807) is 30.2 Å². The Labute approximate surface area is 139 Å². The molecule has 22 heavy (non-hydrogen) atoms. The van der Waals surface area contributed by atoms with Crippen molar-refractivity contribution in [3.8, 4) is 5.75 Å². The van der Waals surface area contributed by atoms with Crippen molar-refractivity contribution in [2.75, 3.05) is 19.1 Å². The highest BCUT2D eigenvalue weighted by Crippen LogP contribution is 2.17. The lowest BCUT2D eigenvalue weighted by molar-refractivity contribution is -0.123. The Kier molecular flexibility index (Phi) is 7.90. The molecule has 2 unspecified atom stereocenters. The highest BCUT2D eigenvalue weighted by atomic mass is 35.5. The number of rotatable bonds is 8. The summed E-state index contributed by atoms with van der Waals surface area (Å²) in [5.74, 6) is 0.940. The molecule has 1 rings (SSSR count). The van der Waals surface area contributed by atoms with Gasteiger partial charge in [0.15, 0.2) is 0 Å². The van der Waals surface area contributed by atoms with E-state index in [1.165, 1.54) is 13.3 Å². The number of hydrogen-bond acceptors (Lipinski definition) is 6. The SMILES string of the molecule is COc1cncc(N=CC(NC(=O)C(C)CSC)C(=N)Cl)c1. The number of methoxy groups -OCH3 is 1. The number of nitrogens with zero attached hydrogens (tertiary/aromatic N) is 2. The number of amides is 1. The Morgan fingerprint density at radius 3 is 2.95 bits per heavy atom. The highest BCUT2D eigenvalue weighted by Gasteiger charge is 2.18. The minimum absolute atomic E-state index is 0.166. The summed E-state index contributed by atoms with van der Waals surface area (Å²) in [5.41, 5.74) is 0.550. The van der Waals surface area contributed by atoms with E-state index >= 15 is 0 Å². The first kappa shape index (κ1) is 18.4. The van der Waals surface area contributed by atoms with Crippen molar-refractivity contribution in [1.82, 2.24) is 10.3 Å². The molecule has 0 aliphatic heterocycles. The minimum atomic E-state index is -0.760. The van der Waals surface area contributed by atoms with Gasteiger partial charge in [0, 0.05) is 24.0 Å². The molecule has 0 aliphatic carbocycles. The second-order valence-corrected chi connectivity index (χ2v) is 5.87.